The first-order chi connectivity index (χ1) is 10.6. The van der Waals surface area contributed by atoms with Crippen molar-refractivity contribution < 1.29 is 14.7 Å². The Morgan fingerprint density at radius 2 is 1.70 bits per heavy atom. The van der Waals surface area contributed by atoms with Gasteiger partial charge in [-0.1, -0.05) is 13.8 Å². The Balaban J connectivity index is 2.60. The van der Waals surface area contributed by atoms with E-state index >= 15 is 0 Å². The van der Waals surface area contributed by atoms with Crippen LogP contribution in [0.5, 0.6) is 0 Å². The third-order valence-corrected chi connectivity index (χ3v) is 3.69. The van der Waals surface area contributed by atoms with Gasteiger partial charge in [0.15, 0.2) is 0 Å². The van der Waals surface area contributed by atoms with E-state index in [-0.39, 0.29) is 18.4 Å². The zero-order valence-electron chi connectivity index (χ0n) is 14.7. The fraction of sp³-hybridized carbons (Fsp3) is 0.556. The fourth-order valence-corrected chi connectivity index (χ4v) is 2.08. The molecule has 0 heterocycles. The van der Waals surface area contributed by atoms with Crippen molar-refractivity contribution in [1.29, 1.82) is 0 Å². The number of benzene rings is 1. The lowest BCUT2D eigenvalue weighted by Crippen LogP contribution is -2.40. The molecule has 0 aliphatic carbocycles. The van der Waals surface area contributed by atoms with Crippen molar-refractivity contribution in [2.75, 3.05) is 20.6 Å². The van der Waals surface area contributed by atoms with Crippen molar-refractivity contribution in [1.82, 2.24) is 10.2 Å². The smallest absolute Gasteiger partial charge is 0.253 e. The molecule has 0 spiro atoms. The molecule has 1 rings (SSSR count). The quantitative estimate of drug-likeness (QED) is 0.810. The maximum Gasteiger partial charge on any atom is 0.253 e. The third kappa shape index (κ3) is 6.40. The average molecular weight is 320 g/mol. The standard InChI is InChI=1S/C18H28N2O3/c1-13(2)10-11-18(3,23)12-19-16(21)14-6-8-15(9-7-14)17(22)20(4)5/h6-9,13,23H,10-12H2,1-5H3,(H,19,21). The number of hydrogen-bond acceptors (Lipinski definition) is 3. The maximum absolute atomic E-state index is 12.1. The Morgan fingerprint density at radius 3 is 2.17 bits per heavy atom. The monoisotopic (exact) mass is 320 g/mol. The molecule has 0 aliphatic heterocycles. The highest BCUT2D eigenvalue weighted by Crippen LogP contribution is 2.15. The van der Waals surface area contributed by atoms with Crippen molar-refractivity contribution in [3.63, 3.8) is 0 Å². The molecule has 0 radical (unpaired) electrons. The highest BCUT2D eigenvalue weighted by molar-refractivity contribution is 5.97. The molecule has 128 valence electrons. The highest BCUT2D eigenvalue weighted by Gasteiger charge is 2.21. The minimum Gasteiger partial charge on any atom is -0.388 e. The molecule has 1 aromatic rings. The molecular weight excluding hydrogens is 292 g/mol. The van der Waals surface area contributed by atoms with Crippen LogP contribution in [0, 0.1) is 5.92 Å². The maximum atomic E-state index is 12.1. The number of carbonyl (C=O) groups is 2. The molecule has 23 heavy (non-hydrogen) atoms. The van der Waals surface area contributed by atoms with E-state index in [1.165, 1.54) is 4.90 Å². The van der Waals surface area contributed by atoms with Crippen molar-refractivity contribution in [3.8, 4) is 0 Å². The molecule has 0 bridgehead atoms. The minimum atomic E-state index is -0.916. The van der Waals surface area contributed by atoms with E-state index in [0.29, 0.717) is 23.5 Å². The van der Waals surface area contributed by atoms with Crippen molar-refractivity contribution in [2.24, 2.45) is 5.92 Å². The van der Waals surface area contributed by atoms with Crippen LogP contribution in [0.2, 0.25) is 0 Å². The summed E-state index contributed by atoms with van der Waals surface area (Å²) >= 11 is 0. The number of carbonyl (C=O) groups excluding carboxylic acids is 2. The van der Waals surface area contributed by atoms with Crippen LogP contribution in [-0.2, 0) is 0 Å². The van der Waals surface area contributed by atoms with Crippen LogP contribution in [0.4, 0.5) is 0 Å². The van der Waals surface area contributed by atoms with Crippen LogP contribution in [0.25, 0.3) is 0 Å². The summed E-state index contributed by atoms with van der Waals surface area (Å²) in [5, 5.41) is 13.0. The number of aliphatic hydroxyl groups is 1. The van der Waals surface area contributed by atoms with E-state index in [0.717, 1.165) is 6.42 Å². The molecule has 0 saturated carbocycles. The largest absolute Gasteiger partial charge is 0.388 e. The normalized spacial score (nSPS) is 13.5. The van der Waals surface area contributed by atoms with E-state index in [9.17, 15) is 14.7 Å². The second-order valence-electron chi connectivity index (χ2n) is 6.89. The summed E-state index contributed by atoms with van der Waals surface area (Å²) in [5.41, 5.74) is 0.0938. The van der Waals surface area contributed by atoms with Gasteiger partial charge in [-0.2, -0.15) is 0 Å². The zero-order chi connectivity index (χ0) is 17.6. The minimum absolute atomic E-state index is 0.103. The van der Waals surface area contributed by atoms with Crippen molar-refractivity contribution in [3.05, 3.63) is 35.4 Å². The van der Waals surface area contributed by atoms with Crippen LogP contribution in [0.15, 0.2) is 24.3 Å². The first-order valence-electron chi connectivity index (χ1n) is 7.94. The molecular formula is C18H28N2O3. The number of amides is 2. The van der Waals surface area contributed by atoms with E-state index in [1.54, 1.807) is 45.3 Å². The van der Waals surface area contributed by atoms with E-state index in [1.807, 2.05) is 0 Å². The molecule has 1 atom stereocenters. The van der Waals surface area contributed by atoms with Crippen molar-refractivity contribution >= 4 is 11.8 Å². The second kappa shape index (κ2) is 8.11. The summed E-state index contributed by atoms with van der Waals surface area (Å²) in [5.74, 6) is 0.159. The van der Waals surface area contributed by atoms with Crippen LogP contribution >= 0.6 is 0 Å². The Bertz CT molecular complexity index is 534. The predicted molar refractivity (Wildman–Crippen MR) is 91.5 cm³/mol. The Morgan fingerprint density at radius 1 is 1.17 bits per heavy atom. The number of rotatable bonds is 7. The average Bonchev–Trinajstić information content (AvgIpc) is 2.50. The van der Waals surface area contributed by atoms with Gasteiger partial charge in [0, 0.05) is 31.8 Å². The first-order valence-corrected chi connectivity index (χ1v) is 7.94. The summed E-state index contributed by atoms with van der Waals surface area (Å²) in [4.78, 5) is 25.4. The molecule has 2 amide bonds. The zero-order valence-corrected chi connectivity index (χ0v) is 14.7. The second-order valence-corrected chi connectivity index (χ2v) is 6.89. The molecule has 1 aromatic carbocycles. The van der Waals surface area contributed by atoms with Gasteiger partial charge in [0.25, 0.3) is 11.8 Å². The van der Waals surface area contributed by atoms with Gasteiger partial charge in [-0.15, -0.1) is 0 Å². The summed E-state index contributed by atoms with van der Waals surface area (Å²) < 4.78 is 0. The first kappa shape index (κ1) is 19.2. The van der Waals surface area contributed by atoms with Crippen LogP contribution in [0.1, 0.15) is 54.3 Å². The summed E-state index contributed by atoms with van der Waals surface area (Å²) in [7, 11) is 3.37. The summed E-state index contributed by atoms with van der Waals surface area (Å²) in [6, 6.07) is 6.51. The molecule has 2 N–H and O–H groups in total. The lowest BCUT2D eigenvalue weighted by Gasteiger charge is -2.24. The number of nitrogens with one attached hydrogen (secondary N) is 1. The molecule has 1 unspecified atom stereocenters. The van der Waals surface area contributed by atoms with Gasteiger partial charge in [-0.05, 0) is 49.9 Å². The van der Waals surface area contributed by atoms with Gasteiger partial charge in [0.1, 0.15) is 0 Å². The molecule has 5 heteroatoms. The molecule has 5 nitrogen and oxygen atoms in total. The predicted octanol–water partition coefficient (Wildman–Crippen LogP) is 2.31. The fourth-order valence-electron chi connectivity index (χ4n) is 2.08. The molecule has 0 aromatic heterocycles. The molecule has 0 fully saturated rings. The summed E-state index contributed by atoms with van der Waals surface area (Å²) in [6.07, 6.45) is 1.55. The van der Waals surface area contributed by atoms with E-state index in [4.69, 9.17) is 0 Å². The van der Waals surface area contributed by atoms with Crippen LogP contribution < -0.4 is 5.32 Å². The number of nitrogens with zero attached hydrogens (tertiary/aromatic N) is 1. The molecule has 0 aliphatic rings. The Labute approximate surface area is 138 Å². The van der Waals surface area contributed by atoms with Gasteiger partial charge >= 0.3 is 0 Å². The third-order valence-electron chi connectivity index (χ3n) is 3.69. The highest BCUT2D eigenvalue weighted by atomic mass is 16.3. The van der Waals surface area contributed by atoms with Gasteiger partial charge < -0.3 is 15.3 Å². The Hall–Kier alpha value is -1.88. The van der Waals surface area contributed by atoms with Gasteiger partial charge in [-0.3, -0.25) is 9.59 Å². The molecule has 0 saturated heterocycles. The van der Waals surface area contributed by atoms with Gasteiger partial charge in [0.2, 0.25) is 0 Å². The van der Waals surface area contributed by atoms with Crippen LogP contribution in [-0.4, -0.2) is 48.1 Å². The topological polar surface area (TPSA) is 69.6 Å². The summed E-state index contributed by atoms with van der Waals surface area (Å²) in [6.45, 7) is 6.14. The SMILES string of the molecule is CC(C)CCC(C)(O)CNC(=O)c1ccc(C(=O)N(C)C)cc1. The van der Waals surface area contributed by atoms with Gasteiger partial charge in [-0.25, -0.2) is 0 Å². The lowest BCUT2D eigenvalue weighted by molar-refractivity contribution is 0.0429. The van der Waals surface area contributed by atoms with Gasteiger partial charge in [0.05, 0.1) is 5.60 Å². The van der Waals surface area contributed by atoms with Crippen molar-refractivity contribution in [2.45, 2.75) is 39.2 Å². The van der Waals surface area contributed by atoms with Crippen LogP contribution in [0.3, 0.4) is 0 Å². The number of hydrogen-bond donors (Lipinski definition) is 2. The Kier molecular flexibility index (Phi) is 6.76. The lowest BCUT2D eigenvalue weighted by atomic mass is 9.95. The van der Waals surface area contributed by atoms with E-state index < -0.39 is 5.60 Å². The van der Waals surface area contributed by atoms with E-state index in [2.05, 4.69) is 19.2 Å².